The van der Waals surface area contributed by atoms with E-state index in [-0.39, 0.29) is 18.0 Å². The minimum Gasteiger partial charge on any atom is -0.371 e. The van der Waals surface area contributed by atoms with Gasteiger partial charge in [0.15, 0.2) is 5.78 Å². The molecule has 5 heteroatoms. The smallest absolute Gasteiger partial charge is 0.371 e. The number of carbonyl (C=O) groups excluding carboxylic acids is 1. The van der Waals surface area contributed by atoms with Gasteiger partial charge in [0.1, 0.15) is 5.60 Å². The molecule has 0 rings (SSSR count). The molecule has 124 valence electrons. The van der Waals surface area contributed by atoms with Crippen molar-refractivity contribution < 1.29 is 18.1 Å². The van der Waals surface area contributed by atoms with E-state index in [1.807, 2.05) is 34.6 Å². The van der Waals surface area contributed by atoms with Crippen LogP contribution in [0, 0.1) is 0 Å². The van der Waals surface area contributed by atoms with Gasteiger partial charge in [0.25, 0.3) is 0 Å². The highest BCUT2D eigenvalue weighted by Gasteiger charge is 2.48. The summed E-state index contributed by atoms with van der Waals surface area (Å²) in [5.41, 5.74) is -0.947. The number of ketones is 1. The van der Waals surface area contributed by atoms with Gasteiger partial charge in [-0.1, -0.05) is 19.4 Å². The SMILES string of the molecule is CC=CC(=O)C(C)(C)O[Si](CCC)(OC(C)C)OC(C)C. The van der Waals surface area contributed by atoms with E-state index < -0.39 is 14.4 Å². The maximum absolute atomic E-state index is 12.2. The summed E-state index contributed by atoms with van der Waals surface area (Å²) in [7, 11) is -2.90. The van der Waals surface area contributed by atoms with Crippen LogP contribution in [0.15, 0.2) is 12.2 Å². The maximum atomic E-state index is 12.2. The summed E-state index contributed by atoms with van der Waals surface area (Å²) in [5.74, 6) is -0.0716. The Bertz CT molecular complexity index is 338. The number of hydrogen-bond acceptors (Lipinski definition) is 4. The minimum absolute atomic E-state index is 0.00501. The van der Waals surface area contributed by atoms with Crippen LogP contribution in [0.25, 0.3) is 0 Å². The van der Waals surface area contributed by atoms with Crippen molar-refractivity contribution in [1.29, 1.82) is 0 Å². The van der Waals surface area contributed by atoms with Crippen molar-refractivity contribution in [2.75, 3.05) is 0 Å². The Labute approximate surface area is 131 Å². The first-order chi connectivity index (χ1) is 9.58. The highest BCUT2D eigenvalue weighted by molar-refractivity contribution is 6.61. The van der Waals surface area contributed by atoms with Crippen molar-refractivity contribution in [2.24, 2.45) is 0 Å². The normalized spacial score (nSPS) is 13.6. The molecule has 0 aromatic heterocycles. The lowest BCUT2D eigenvalue weighted by Gasteiger charge is -2.38. The first kappa shape index (κ1) is 20.5. The average Bonchev–Trinajstić information content (AvgIpc) is 2.26. The zero-order valence-corrected chi connectivity index (χ0v) is 15.9. The van der Waals surface area contributed by atoms with E-state index in [0.29, 0.717) is 6.04 Å². The van der Waals surface area contributed by atoms with Crippen molar-refractivity contribution in [2.45, 2.75) is 85.7 Å². The summed E-state index contributed by atoms with van der Waals surface area (Å²) in [4.78, 5) is 12.2. The summed E-state index contributed by atoms with van der Waals surface area (Å²) in [5, 5.41) is 0. The van der Waals surface area contributed by atoms with E-state index in [4.69, 9.17) is 13.3 Å². The van der Waals surface area contributed by atoms with Crippen molar-refractivity contribution in [3.05, 3.63) is 12.2 Å². The Morgan fingerprint density at radius 1 is 1.14 bits per heavy atom. The predicted octanol–water partition coefficient (Wildman–Crippen LogP) is 4.13. The second kappa shape index (κ2) is 8.83. The van der Waals surface area contributed by atoms with Crippen LogP contribution in [-0.2, 0) is 18.1 Å². The second-order valence-corrected chi connectivity index (χ2v) is 8.78. The number of rotatable bonds is 10. The van der Waals surface area contributed by atoms with Crippen LogP contribution in [0.4, 0.5) is 0 Å². The summed E-state index contributed by atoms with van der Waals surface area (Å²) in [6.45, 7) is 15.3. The van der Waals surface area contributed by atoms with Gasteiger partial charge >= 0.3 is 8.80 Å². The Kier molecular flexibility index (Phi) is 8.62. The van der Waals surface area contributed by atoms with Crippen LogP contribution in [0.5, 0.6) is 0 Å². The Balaban J connectivity index is 5.39. The summed E-state index contributed by atoms with van der Waals surface area (Å²) in [6, 6.07) is 0.704. The van der Waals surface area contributed by atoms with Gasteiger partial charge in [0.05, 0.1) is 0 Å². The van der Waals surface area contributed by atoms with E-state index in [9.17, 15) is 4.79 Å². The molecule has 0 radical (unpaired) electrons. The Hall–Kier alpha value is -0.493. The number of hydrogen-bond donors (Lipinski definition) is 0. The van der Waals surface area contributed by atoms with Gasteiger partial charge in [-0.3, -0.25) is 4.79 Å². The summed E-state index contributed by atoms with van der Waals surface area (Å²) < 4.78 is 18.3. The molecule has 0 fully saturated rings. The first-order valence-corrected chi connectivity index (χ1v) is 9.74. The molecule has 4 nitrogen and oxygen atoms in total. The van der Waals surface area contributed by atoms with E-state index in [0.717, 1.165) is 6.42 Å². The molecule has 0 bridgehead atoms. The van der Waals surface area contributed by atoms with Crippen LogP contribution in [-0.4, -0.2) is 32.4 Å². The van der Waals surface area contributed by atoms with E-state index >= 15 is 0 Å². The van der Waals surface area contributed by atoms with Gasteiger partial charge in [-0.2, -0.15) is 0 Å². The second-order valence-electron chi connectivity index (χ2n) is 6.24. The van der Waals surface area contributed by atoms with Gasteiger partial charge in [-0.05, 0) is 54.5 Å². The molecular weight excluding hydrogens is 284 g/mol. The molecule has 0 amide bonds. The van der Waals surface area contributed by atoms with Crippen molar-refractivity contribution in [1.82, 2.24) is 0 Å². The molecule has 0 atom stereocenters. The fourth-order valence-corrected chi connectivity index (χ4v) is 5.48. The molecule has 0 N–H and O–H groups in total. The van der Waals surface area contributed by atoms with Crippen LogP contribution in [0.1, 0.15) is 61.8 Å². The molecule has 0 spiro atoms. The Morgan fingerprint density at radius 2 is 1.62 bits per heavy atom. The standard InChI is InChI=1S/C16H32O4Si/c1-9-11-15(17)16(7,8)20-21(12-10-2,18-13(3)4)19-14(5)6/h9,11,13-14H,10,12H2,1-8H3. The molecule has 0 aliphatic carbocycles. The number of carbonyl (C=O) groups is 1. The van der Waals surface area contributed by atoms with Crippen LogP contribution >= 0.6 is 0 Å². The van der Waals surface area contributed by atoms with Gasteiger partial charge in [-0.25, -0.2) is 0 Å². The molecule has 0 aliphatic rings. The molecule has 0 unspecified atom stereocenters. The maximum Gasteiger partial charge on any atom is 0.502 e. The third-order valence-corrected chi connectivity index (χ3v) is 6.30. The quantitative estimate of drug-likeness (QED) is 0.449. The van der Waals surface area contributed by atoms with Crippen LogP contribution in [0.2, 0.25) is 6.04 Å². The van der Waals surface area contributed by atoms with E-state index in [2.05, 4.69) is 6.92 Å². The fraction of sp³-hybridized carbons (Fsp3) is 0.812. The first-order valence-electron chi connectivity index (χ1n) is 7.81. The monoisotopic (exact) mass is 316 g/mol. The molecule has 0 saturated carbocycles. The molecule has 0 heterocycles. The van der Waals surface area contributed by atoms with Gasteiger partial charge in [-0.15, -0.1) is 0 Å². The van der Waals surface area contributed by atoms with E-state index in [1.165, 1.54) is 6.08 Å². The number of allylic oxidation sites excluding steroid dienone is 1. The van der Waals surface area contributed by atoms with Gasteiger partial charge < -0.3 is 13.3 Å². The molecule has 21 heavy (non-hydrogen) atoms. The third-order valence-electron chi connectivity index (χ3n) is 2.71. The highest BCUT2D eigenvalue weighted by Crippen LogP contribution is 2.28. The fourth-order valence-electron chi connectivity index (χ4n) is 2.06. The minimum atomic E-state index is -2.90. The summed E-state index contributed by atoms with van der Waals surface area (Å²) >= 11 is 0. The van der Waals surface area contributed by atoms with Crippen LogP contribution < -0.4 is 0 Å². The molecule has 0 aliphatic heterocycles. The topological polar surface area (TPSA) is 44.8 Å². The third kappa shape index (κ3) is 7.36. The lowest BCUT2D eigenvalue weighted by molar-refractivity contribution is -0.132. The summed E-state index contributed by atoms with van der Waals surface area (Å²) in [6.07, 6.45) is 4.14. The lowest BCUT2D eigenvalue weighted by atomic mass is 10.0. The lowest BCUT2D eigenvalue weighted by Crippen LogP contribution is -2.55. The predicted molar refractivity (Wildman–Crippen MR) is 88.3 cm³/mol. The molecule has 0 saturated heterocycles. The van der Waals surface area contributed by atoms with E-state index in [1.54, 1.807) is 19.9 Å². The largest absolute Gasteiger partial charge is 0.502 e. The molecule has 0 aromatic carbocycles. The zero-order valence-electron chi connectivity index (χ0n) is 14.9. The highest BCUT2D eigenvalue weighted by atomic mass is 28.4. The van der Waals surface area contributed by atoms with Gasteiger partial charge in [0.2, 0.25) is 0 Å². The van der Waals surface area contributed by atoms with Gasteiger partial charge in [0, 0.05) is 18.3 Å². The molecular formula is C16H32O4Si. The van der Waals surface area contributed by atoms with Crippen molar-refractivity contribution >= 4 is 14.6 Å². The Morgan fingerprint density at radius 3 is 1.95 bits per heavy atom. The van der Waals surface area contributed by atoms with Crippen molar-refractivity contribution in [3.8, 4) is 0 Å². The average molecular weight is 317 g/mol. The van der Waals surface area contributed by atoms with Crippen LogP contribution in [0.3, 0.4) is 0 Å². The zero-order chi connectivity index (χ0) is 16.7. The molecule has 0 aromatic rings. The van der Waals surface area contributed by atoms with Crippen molar-refractivity contribution in [3.63, 3.8) is 0 Å².